The molecule has 6 nitrogen and oxygen atoms in total. The molecule has 1 aliphatic heterocycles. The van der Waals surface area contributed by atoms with Gasteiger partial charge in [-0.05, 0) is 24.6 Å². The van der Waals surface area contributed by atoms with Gasteiger partial charge in [-0.15, -0.1) is 0 Å². The van der Waals surface area contributed by atoms with Crippen molar-refractivity contribution in [2.45, 2.75) is 19.6 Å². The Bertz CT molecular complexity index is 489. The van der Waals surface area contributed by atoms with Crippen molar-refractivity contribution in [3.63, 3.8) is 0 Å². The molecule has 1 atom stereocenters. The summed E-state index contributed by atoms with van der Waals surface area (Å²) in [6, 6.07) is 7.94. The van der Waals surface area contributed by atoms with E-state index in [2.05, 4.69) is 17.1 Å². The van der Waals surface area contributed by atoms with Gasteiger partial charge in [0.25, 0.3) is 0 Å². The molecule has 0 bridgehead atoms. The smallest absolute Gasteiger partial charge is 0.246 e. The molecule has 0 aromatic heterocycles. The predicted octanol–water partition coefficient (Wildman–Crippen LogP) is 1.05. The molecule has 1 aliphatic rings. The summed E-state index contributed by atoms with van der Waals surface area (Å²) < 4.78 is 15.9. The lowest BCUT2D eigenvalue weighted by molar-refractivity contribution is -0.126. The number of ether oxygens (including phenoxy) is 3. The van der Waals surface area contributed by atoms with Crippen molar-refractivity contribution in [3.8, 4) is 5.75 Å². The van der Waals surface area contributed by atoms with Crippen molar-refractivity contribution in [2.24, 2.45) is 0 Å². The molecule has 128 valence electrons. The van der Waals surface area contributed by atoms with Crippen LogP contribution in [0.3, 0.4) is 0 Å². The predicted molar refractivity (Wildman–Crippen MR) is 87.5 cm³/mol. The first-order chi connectivity index (χ1) is 11.2. The van der Waals surface area contributed by atoms with Crippen molar-refractivity contribution in [3.05, 3.63) is 29.8 Å². The van der Waals surface area contributed by atoms with E-state index < -0.39 is 0 Å². The summed E-state index contributed by atoms with van der Waals surface area (Å²) in [5.41, 5.74) is 0.985. The van der Waals surface area contributed by atoms with Gasteiger partial charge in [-0.25, -0.2) is 0 Å². The number of amides is 1. The second-order valence-electron chi connectivity index (χ2n) is 5.65. The molecule has 1 unspecified atom stereocenters. The standard InChI is InChI=1S/C17H26N2O4/c1-14(19-6-8-22-9-7-19)11-18-17(20)13-23-12-15-4-3-5-16(10-15)21-2/h3-5,10,14H,6-9,11-13H2,1-2H3,(H,18,20). The summed E-state index contributed by atoms with van der Waals surface area (Å²) in [5, 5.41) is 2.92. The molecule has 0 radical (unpaired) electrons. The number of hydrogen-bond acceptors (Lipinski definition) is 5. The molecule has 1 heterocycles. The third kappa shape index (κ3) is 6.17. The van der Waals surface area contributed by atoms with Crippen LogP contribution in [0.15, 0.2) is 24.3 Å². The fourth-order valence-corrected chi connectivity index (χ4v) is 2.48. The van der Waals surface area contributed by atoms with Gasteiger partial charge in [-0.2, -0.15) is 0 Å². The number of methoxy groups -OCH3 is 1. The van der Waals surface area contributed by atoms with Crippen LogP contribution < -0.4 is 10.1 Å². The average molecular weight is 322 g/mol. The number of rotatable bonds is 8. The van der Waals surface area contributed by atoms with Crippen LogP contribution in [0.4, 0.5) is 0 Å². The molecule has 6 heteroatoms. The minimum absolute atomic E-state index is 0.0625. The number of morpholine rings is 1. The first-order valence-corrected chi connectivity index (χ1v) is 7.98. The highest BCUT2D eigenvalue weighted by atomic mass is 16.5. The third-order valence-electron chi connectivity index (χ3n) is 3.90. The zero-order chi connectivity index (χ0) is 16.5. The molecule has 1 N–H and O–H groups in total. The van der Waals surface area contributed by atoms with E-state index in [0.29, 0.717) is 19.2 Å². The Labute approximate surface area is 137 Å². The van der Waals surface area contributed by atoms with Gasteiger partial charge in [-0.1, -0.05) is 12.1 Å². The lowest BCUT2D eigenvalue weighted by atomic mass is 10.2. The van der Waals surface area contributed by atoms with Gasteiger partial charge >= 0.3 is 0 Å². The highest BCUT2D eigenvalue weighted by Crippen LogP contribution is 2.13. The maximum atomic E-state index is 11.8. The zero-order valence-electron chi connectivity index (χ0n) is 13.9. The number of carbonyl (C=O) groups excluding carboxylic acids is 1. The molecule has 0 spiro atoms. The van der Waals surface area contributed by atoms with Crippen LogP contribution in [0, 0.1) is 0 Å². The fourth-order valence-electron chi connectivity index (χ4n) is 2.48. The van der Waals surface area contributed by atoms with Crippen LogP contribution in [0.25, 0.3) is 0 Å². The first kappa shape index (κ1) is 17.7. The zero-order valence-corrected chi connectivity index (χ0v) is 13.9. The molecule has 1 amide bonds. The van der Waals surface area contributed by atoms with Gasteiger partial charge in [0, 0.05) is 25.7 Å². The number of nitrogens with one attached hydrogen (secondary N) is 1. The summed E-state index contributed by atoms with van der Waals surface area (Å²) in [6.07, 6.45) is 0. The Balaban J connectivity index is 1.62. The van der Waals surface area contributed by atoms with Gasteiger partial charge in [-0.3, -0.25) is 9.69 Å². The Hall–Kier alpha value is -1.63. The quantitative estimate of drug-likeness (QED) is 0.775. The highest BCUT2D eigenvalue weighted by molar-refractivity contribution is 5.77. The van der Waals surface area contributed by atoms with E-state index in [-0.39, 0.29) is 12.5 Å². The highest BCUT2D eigenvalue weighted by Gasteiger charge is 2.17. The van der Waals surface area contributed by atoms with Gasteiger partial charge in [0.15, 0.2) is 0 Å². The maximum Gasteiger partial charge on any atom is 0.246 e. The second-order valence-corrected chi connectivity index (χ2v) is 5.65. The third-order valence-corrected chi connectivity index (χ3v) is 3.90. The van der Waals surface area contributed by atoms with E-state index >= 15 is 0 Å². The molecule has 0 aliphatic carbocycles. The van der Waals surface area contributed by atoms with Crippen molar-refractivity contribution in [1.29, 1.82) is 0 Å². The number of nitrogens with zero attached hydrogens (tertiary/aromatic N) is 1. The van der Waals surface area contributed by atoms with Crippen LogP contribution in [0.5, 0.6) is 5.75 Å². The molecule has 2 rings (SSSR count). The summed E-state index contributed by atoms with van der Waals surface area (Å²) in [6.45, 7) is 6.57. The molecular formula is C17H26N2O4. The Morgan fingerprint density at radius 3 is 2.91 bits per heavy atom. The lowest BCUT2D eigenvalue weighted by Gasteiger charge is -2.32. The van der Waals surface area contributed by atoms with E-state index in [1.54, 1.807) is 7.11 Å². The lowest BCUT2D eigenvalue weighted by Crippen LogP contribution is -2.47. The van der Waals surface area contributed by atoms with Gasteiger partial charge in [0.2, 0.25) is 5.91 Å². The molecule has 1 saturated heterocycles. The molecular weight excluding hydrogens is 296 g/mol. The topological polar surface area (TPSA) is 60.0 Å². The average Bonchev–Trinajstić information content (AvgIpc) is 2.60. The van der Waals surface area contributed by atoms with Crippen LogP contribution in [-0.2, 0) is 20.9 Å². The second kappa shape index (κ2) is 9.50. The SMILES string of the molecule is COc1cccc(COCC(=O)NCC(C)N2CCOCC2)c1. The van der Waals surface area contributed by atoms with E-state index in [1.165, 1.54) is 0 Å². The van der Waals surface area contributed by atoms with Gasteiger partial charge in [0.1, 0.15) is 12.4 Å². The van der Waals surface area contributed by atoms with Gasteiger partial charge < -0.3 is 19.5 Å². The molecule has 1 fully saturated rings. The summed E-state index contributed by atoms with van der Waals surface area (Å²) in [4.78, 5) is 14.2. The monoisotopic (exact) mass is 322 g/mol. The van der Waals surface area contributed by atoms with Crippen LogP contribution in [0.1, 0.15) is 12.5 Å². The molecule has 1 aromatic carbocycles. The van der Waals surface area contributed by atoms with Crippen LogP contribution in [0.2, 0.25) is 0 Å². The number of benzene rings is 1. The normalized spacial score (nSPS) is 16.8. The maximum absolute atomic E-state index is 11.8. The van der Waals surface area contributed by atoms with Crippen LogP contribution in [-0.4, -0.2) is 63.4 Å². The van der Waals surface area contributed by atoms with Crippen molar-refractivity contribution < 1.29 is 19.0 Å². The minimum atomic E-state index is -0.0898. The van der Waals surface area contributed by atoms with E-state index in [9.17, 15) is 4.79 Å². The van der Waals surface area contributed by atoms with Crippen molar-refractivity contribution >= 4 is 5.91 Å². The minimum Gasteiger partial charge on any atom is -0.497 e. The summed E-state index contributed by atoms with van der Waals surface area (Å²) in [7, 11) is 1.63. The van der Waals surface area contributed by atoms with Crippen LogP contribution >= 0.6 is 0 Å². The Morgan fingerprint density at radius 2 is 2.17 bits per heavy atom. The van der Waals surface area contributed by atoms with Crippen molar-refractivity contribution in [2.75, 3.05) is 46.6 Å². The van der Waals surface area contributed by atoms with Crippen molar-refractivity contribution in [1.82, 2.24) is 10.2 Å². The number of hydrogen-bond donors (Lipinski definition) is 1. The fraction of sp³-hybridized carbons (Fsp3) is 0.588. The first-order valence-electron chi connectivity index (χ1n) is 7.98. The Kier molecular flexibility index (Phi) is 7.32. The largest absolute Gasteiger partial charge is 0.497 e. The van der Waals surface area contributed by atoms with E-state index in [1.807, 2.05) is 24.3 Å². The van der Waals surface area contributed by atoms with E-state index in [4.69, 9.17) is 14.2 Å². The Morgan fingerprint density at radius 1 is 1.39 bits per heavy atom. The molecule has 1 aromatic rings. The van der Waals surface area contributed by atoms with Gasteiger partial charge in [0.05, 0.1) is 26.9 Å². The molecule has 23 heavy (non-hydrogen) atoms. The summed E-state index contributed by atoms with van der Waals surface area (Å²) in [5.74, 6) is 0.697. The molecule has 0 saturated carbocycles. The van der Waals surface area contributed by atoms with E-state index in [0.717, 1.165) is 37.6 Å². The summed E-state index contributed by atoms with van der Waals surface area (Å²) >= 11 is 0. The number of carbonyl (C=O) groups is 1.